The Bertz CT molecular complexity index is 854. The topological polar surface area (TPSA) is 96.2 Å². The van der Waals surface area contributed by atoms with Gasteiger partial charge in [-0.05, 0) is 67.6 Å². The third-order valence-corrected chi connectivity index (χ3v) is 4.67. The van der Waals surface area contributed by atoms with E-state index in [2.05, 4.69) is 0 Å². The Hall–Kier alpha value is -2.01. The zero-order valence-corrected chi connectivity index (χ0v) is 16.5. The Morgan fingerprint density at radius 2 is 1.73 bits per heavy atom. The molecule has 0 fully saturated rings. The lowest BCUT2D eigenvalue weighted by molar-refractivity contribution is 0.299. The van der Waals surface area contributed by atoms with E-state index in [-0.39, 0.29) is 11.7 Å². The van der Waals surface area contributed by atoms with Crippen LogP contribution in [0.15, 0.2) is 24.3 Å². The van der Waals surface area contributed by atoms with Crippen molar-refractivity contribution in [3.8, 4) is 23.0 Å². The van der Waals surface area contributed by atoms with E-state index in [9.17, 15) is 9.67 Å². The number of ether oxygens (including phenoxy) is 2. The highest BCUT2D eigenvalue weighted by molar-refractivity contribution is 7.51. The lowest BCUT2D eigenvalue weighted by Crippen LogP contribution is -2.02. The van der Waals surface area contributed by atoms with Crippen molar-refractivity contribution in [3.63, 3.8) is 0 Å². The van der Waals surface area contributed by atoms with Crippen molar-refractivity contribution in [1.29, 1.82) is 0 Å². The molecular formula is C19H25O6P. The molecular weight excluding hydrogens is 355 g/mol. The highest BCUT2D eigenvalue weighted by Crippen LogP contribution is 2.40. The predicted molar refractivity (Wildman–Crippen MR) is 100 cm³/mol. The molecule has 2 aromatic carbocycles. The molecule has 0 unspecified atom stereocenters. The summed E-state index contributed by atoms with van der Waals surface area (Å²) in [5, 5.41) is 9.95. The van der Waals surface area contributed by atoms with Crippen molar-refractivity contribution in [2.45, 2.75) is 40.5 Å². The lowest BCUT2D eigenvalue weighted by atomic mass is 10.0. The van der Waals surface area contributed by atoms with E-state index < -0.39 is 13.9 Å². The first-order valence-electron chi connectivity index (χ1n) is 8.28. The number of hydrogen-bond donors (Lipinski definition) is 3. The minimum atomic E-state index is -4.24. The predicted octanol–water partition coefficient (Wildman–Crippen LogP) is 4.75. The van der Waals surface area contributed by atoms with Gasteiger partial charge in [0.25, 0.3) is 0 Å². The molecule has 0 spiro atoms. The molecule has 0 amide bonds. The molecule has 0 aliphatic heterocycles. The maximum Gasteiger partial charge on any atom is 0.362 e. The third kappa shape index (κ3) is 4.79. The standard InChI is InChI=1S/C19H25O6P/c1-11(2)16-9-15(6-7-17(16)20)25-19-12(3)8-18(13(4)14(19)5)24-10-26(21,22)23/h6-9,11,20H,10H2,1-5H3,(H2,21,22,23). The van der Waals surface area contributed by atoms with Gasteiger partial charge in [-0.1, -0.05) is 13.8 Å². The molecule has 2 aromatic rings. The first-order valence-corrected chi connectivity index (χ1v) is 10.1. The van der Waals surface area contributed by atoms with E-state index in [1.165, 1.54) is 0 Å². The normalized spacial score (nSPS) is 11.7. The Morgan fingerprint density at radius 3 is 2.31 bits per heavy atom. The van der Waals surface area contributed by atoms with Crippen molar-refractivity contribution >= 4 is 7.60 Å². The minimum absolute atomic E-state index is 0.158. The number of hydrogen-bond acceptors (Lipinski definition) is 4. The van der Waals surface area contributed by atoms with Gasteiger partial charge < -0.3 is 24.4 Å². The second-order valence-electron chi connectivity index (χ2n) is 6.69. The fraction of sp³-hybridized carbons (Fsp3) is 0.368. The molecule has 7 heteroatoms. The monoisotopic (exact) mass is 380 g/mol. The van der Waals surface area contributed by atoms with Crippen LogP contribution in [0.4, 0.5) is 0 Å². The van der Waals surface area contributed by atoms with Gasteiger partial charge in [-0.15, -0.1) is 0 Å². The second-order valence-corrected chi connectivity index (χ2v) is 8.27. The second kappa shape index (κ2) is 7.70. The van der Waals surface area contributed by atoms with Crippen molar-refractivity contribution < 1.29 is 28.9 Å². The fourth-order valence-electron chi connectivity index (χ4n) is 2.66. The van der Waals surface area contributed by atoms with E-state index in [1.54, 1.807) is 18.2 Å². The highest BCUT2D eigenvalue weighted by Gasteiger charge is 2.18. The molecule has 0 aliphatic carbocycles. The van der Waals surface area contributed by atoms with E-state index >= 15 is 0 Å². The molecule has 6 nitrogen and oxygen atoms in total. The van der Waals surface area contributed by atoms with Crippen LogP contribution in [0.3, 0.4) is 0 Å². The minimum Gasteiger partial charge on any atom is -0.508 e. The Balaban J connectivity index is 2.35. The zero-order valence-electron chi connectivity index (χ0n) is 15.6. The number of rotatable bonds is 6. The van der Waals surface area contributed by atoms with Crippen molar-refractivity contribution in [1.82, 2.24) is 0 Å². The maximum absolute atomic E-state index is 11.0. The summed E-state index contributed by atoms with van der Waals surface area (Å²) in [5.74, 6) is 2.08. The summed E-state index contributed by atoms with van der Waals surface area (Å²) in [4.78, 5) is 18.0. The molecule has 2 rings (SSSR count). The fourth-order valence-corrected chi connectivity index (χ4v) is 2.97. The van der Waals surface area contributed by atoms with Gasteiger partial charge in [0.15, 0.2) is 6.35 Å². The van der Waals surface area contributed by atoms with Gasteiger partial charge in [0.1, 0.15) is 23.0 Å². The van der Waals surface area contributed by atoms with E-state index in [1.807, 2.05) is 40.7 Å². The largest absolute Gasteiger partial charge is 0.508 e. The summed E-state index contributed by atoms with van der Waals surface area (Å²) in [6.45, 7) is 9.51. The average Bonchev–Trinajstić information content (AvgIpc) is 2.54. The highest BCUT2D eigenvalue weighted by atomic mass is 31.2. The molecule has 0 atom stereocenters. The average molecular weight is 380 g/mol. The van der Waals surface area contributed by atoms with Gasteiger partial charge in [0, 0.05) is 5.56 Å². The van der Waals surface area contributed by atoms with Crippen LogP contribution in [0, 0.1) is 20.8 Å². The Kier molecular flexibility index (Phi) is 6.02. The Morgan fingerprint density at radius 1 is 1.08 bits per heavy atom. The summed E-state index contributed by atoms with van der Waals surface area (Å²) in [5.41, 5.74) is 3.16. The number of aryl methyl sites for hydroxylation is 1. The lowest BCUT2D eigenvalue weighted by Gasteiger charge is -2.19. The summed E-state index contributed by atoms with van der Waals surface area (Å²) in [6, 6.07) is 6.83. The van der Waals surface area contributed by atoms with Gasteiger partial charge >= 0.3 is 7.60 Å². The van der Waals surface area contributed by atoms with Gasteiger partial charge in [0.05, 0.1) is 0 Å². The van der Waals surface area contributed by atoms with Crippen LogP contribution in [-0.4, -0.2) is 21.2 Å². The number of aromatic hydroxyl groups is 1. The molecule has 142 valence electrons. The van der Waals surface area contributed by atoms with Gasteiger partial charge in [-0.2, -0.15) is 0 Å². The third-order valence-electron chi connectivity index (χ3n) is 4.21. The summed E-state index contributed by atoms with van der Waals surface area (Å²) in [7, 11) is -4.24. The van der Waals surface area contributed by atoms with Crippen molar-refractivity contribution in [2.24, 2.45) is 0 Å². The summed E-state index contributed by atoms with van der Waals surface area (Å²) in [6.07, 6.45) is -0.664. The van der Waals surface area contributed by atoms with Crippen LogP contribution in [0.5, 0.6) is 23.0 Å². The number of benzene rings is 2. The first kappa shape index (κ1) is 20.3. The van der Waals surface area contributed by atoms with Crippen LogP contribution in [0.25, 0.3) is 0 Å². The molecule has 0 radical (unpaired) electrons. The molecule has 0 aliphatic rings. The van der Waals surface area contributed by atoms with Gasteiger partial charge in [-0.25, -0.2) is 0 Å². The molecule has 26 heavy (non-hydrogen) atoms. The van der Waals surface area contributed by atoms with Crippen LogP contribution >= 0.6 is 7.60 Å². The Labute approximate surface area is 153 Å². The molecule has 3 N–H and O–H groups in total. The number of phenols is 1. The molecule has 0 saturated heterocycles. The van der Waals surface area contributed by atoms with Crippen LogP contribution in [0.1, 0.15) is 42.0 Å². The van der Waals surface area contributed by atoms with Gasteiger partial charge in [0.2, 0.25) is 0 Å². The van der Waals surface area contributed by atoms with Gasteiger partial charge in [-0.3, -0.25) is 4.57 Å². The smallest absolute Gasteiger partial charge is 0.362 e. The van der Waals surface area contributed by atoms with E-state index in [0.717, 1.165) is 22.3 Å². The van der Waals surface area contributed by atoms with E-state index in [4.69, 9.17) is 19.3 Å². The molecule has 0 saturated carbocycles. The first-order chi connectivity index (χ1) is 12.0. The molecule has 0 aromatic heterocycles. The van der Waals surface area contributed by atoms with Crippen LogP contribution in [-0.2, 0) is 4.57 Å². The molecule has 0 bridgehead atoms. The van der Waals surface area contributed by atoms with Crippen molar-refractivity contribution in [2.75, 3.05) is 6.35 Å². The zero-order chi connectivity index (χ0) is 19.6. The van der Waals surface area contributed by atoms with E-state index in [0.29, 0.717) is 17.2 Å². The van der Waals surface area contributed by atoms with Crippen LogP contribution in [0.2, 0.25) is 0 Å². The SMILES string of the molecule is Cc1cc(OCP(=O)(O)O)c(C)c(C)c1Oc1ccc(O)c(C(C)C)c1. The molecule has 0 heterocycles. The summed E-state index contributed by atoms with van der Waals surface area (Å²) < 4.78 is 22.4. The summed E-state index contributed by atoms with van der Waals surface area (Å²) >= 11 is 0. The maximum atomic E-state index is 11.0. The van der Waals surface area contributed by atoms with Crippen LogP contribution < -0.4 is 9.47 Å². The van der Waals surface area contributed by atoms with Crippen molar-refractivity contribution in [3.05, 3.63) is 46.5 Å². The quantitative estimate of drug-likeness (QED) is 0.626. The number of phenolic OH excluding ortho intramolecular Hbond substituents is 1.